The lowest BCUT2D eigenvalue weighted by atomic mass is 10.3. The lowest BCUT2D eigenvalue weighted by Crippen LogP contribution is -2.20. The van der Waals surface area contributed by atoms with Crippen molar-refractivity contribution < 1.29 is 4.79 Å². The average molecular weight is 317 g/mol. The standard InChI is InChI=1S/C15H9ClN2O2S/c16-10-4-6-11(7-5-10)21-14-12(9-19)15(20)18-8-2-1-3-13(18)17-14/h1-9H. The number of pyridine rings is 1. The van der Waals surface area contributed by atoms with Gasteiger partial charge in [0.1, 0.15) is 16.2 Å². The first-order valence-corrected chi connectivity index (χ1v) is 7.28. The predicted octanol–water partition coefficient (Wildman–Crippen LogP) is 3.31. The summed E-state index contributed by atoms with van der Waals surface area (Å²) in [6.45, 7) is 0. The molecule has 0 unspecified atom stereocenters. The van der Waals surface area contributed by atoms with Gasteiger partial charge in [-0.2, -0.15) is 0 Å². The van der Waals surface area contributed by atoms with Crippen molar-refractivity contribution in [2.45, 2.75) is 9.92 Å². The van der Waals surface area contributed by atoms with E-state index in [9.17, 15) is 9.59 Å². The van der Waals surface area contributed by atoms with E-state index in [2.05, 4.69) is 4.98 Å². The number of halogens is 1. The van der Waals surface area contributed by atoms with Crippen LogP contribution in [-0.2, 0) is 0 Å². The van der Waals surface area contributed by atoms with Crippen LogP contribution in [-0.4, -0.2) is 15.7 Å². The molecule has 0 aliphatic carbocycles. The third kappa shape index (κ3) is 2.70. The minimum atomic E-state index is -0.368. The Morgan fingerprint density at radius 2 is 1.90 bits per heavy atom. The van der Waals surface area contributed by atoms with Crippen LogP contribution in [0.2, 0.25) is 5.02 Å². The van der Waals surface area contributed by atoms with E-state index in [0.29, 0.717) is 22.0 Å². The molecule has 0 bridgehead atoms. The summed E-state index contributed by atoms with van der Waals surface area (Å²) in [5.41, 5.74) is 0.190. The smallest absolute Gasteiger partial charge is 0.269 e. The molecule has 0 N–H and O–H groups in total. The fourth-order valence-electron chi connectivity index (χ4n) is 1.88. The van der Waals surface area contributed by atoms with Gasteiger partial charge in [-0.1, -0.05) is 29.4 Å². The highest BCUT2D eigenvalue weighted by Crippen LogP contribution is 2.28. The Balaban J connectivity index is 2.15. The van der Waals surface area contributed by atoms with E-state index in [1.54, 1.807) is 36.5 Å². The van der Waals surface area contributed by atoms with Gasteiger partial charge >= 0.3 is 0 Å². The van der Waals surface area contributed by atoms with Crippen molar-refractivity contribution in [3.63, 3.8) is 0 Å². The van der Waals surface area contributed by atoms with Crippen LogP contribution in [0.15, 0.2) is 63.4 Å². The molecule has 0 aliphatic rings. The van der Waals surface area contributed by atoms with Gasteiger partial charge in [0, 0.05) is 16.1 Å². The summed E-state index contributed by atoms with van der Waals surface area (Å²) in [5, 5.41) is 1.02. The highest BCUT2D eigenvalue weighted by atomic mass is 35.5. The number of aromatic nitrogens is 2. The molecule has 1 aromatic carbocycles. The fourth-order valence-corrected chi connectivity index (χ4v) is 2.88. The summed E-state index contributed by atoms with van der Waals surface area (Å²) >= 11 is 7.10. The van der Waals surface area contributed by atoms with Crippen molar-refractivity contribution in [2.75, 3.05) is 0 Å². The van der Waals surface area contributed by atoms with Crippen LogP contribution in [0.5, 0.6) is 0 Å². The Labute approximate surface area is 129 Å². The third-order valence-corrected chi connectivity index (χ3v) is 4.14. The van der Waals surface area contributed by atoms with Crippen molar-refractivity contribution in [1.82, 2.24) is 9.38 Å². The third-order valence-electron chi connectivity index (χ3n) is 2.88. The summed E-state index contributed by atoms with van der Waals surface area (Å²) in [7, 11) is 0. The summed E-state index contributed by atoms with van der Waals surface area (Å²) in [6.07, 6.45) is 2.14. The number of hydrogen-bond acceptors (Lipinski definition) is 4. The summed E-state index contributed by atoms with van der Waals surface area (Å²) in [4.78, 5) is 28.8. The zero-order valence-corrected chi connectivity index (χ0v) is 12.3. The Morgan fingerprint density at radius 3 is 2.62 bits per heavy atom. The van der Waals surface area contributed by atoms with Gasteiger partial charge in [-0.05, 0) is 36.4 Å². The number of benzene rings is 1. The molecule has 0 amide bonds. The number of carbonyl (C=O) groups is 1. The van der Waals surface area contributed by atoms with Gasteiger partial charge in [0.15, 0.2) is 6.29 Å². The normalized spacial score (nSPS) is 10.7. The predicted molar refractivity (Wildman–Crippen MR) is 82.4 cm³/mol. The zero-order valence-electron chi connectivity index (χ0n) is 10.7. The first-order valence-electron chi connectivity index (χ1n) is 6.09. The molecular weight excluding hydrogens is 308 g/mol. The molecule has 104 valence electrons. The molecule has 0 spiro atoms. The average Bonchev–Trinajstić information content (AvgIpc) is 2.50. The summed E-state index contributed by atoms with van der Waals surface area (Å²) < 4.78 is 1.36. The molecule has 3 rings (SSSR count). The molecule has 0 saturated carbocycles. The SMILES string of the molecule is O=Cc1c(Sc2ccc(Cl)cc2)nc2ccccn2c1=O. The molecule has 3 aromatic rings. The second-order valence-electron chi connectivity index (χ2n) is 4.24. The maximum absolute atomic E-state index is 12.3. The van der Waals surface area contributed by atoms with Crippen molar-refractivity contribution in [1.29, 1.82) is 0 Å². The second kappa shape index (κ2) is 5.71. The Bertz CT molecular complexity index is 875. The van der Waals surface area contributed by atoms with Crippen LogP contribution >= 0.6 is 23.4 Å². The minimum absolute atomic E-state index is 0.0543. The van der Waals surface area contributed by atoms with Gasteiger partial charge in [-0.25, -0.2) is 4.98 Å². The molecule has 2 heterocycles. The molecular formula is C15H9ClN2O2S. The quantitative estimate of drug-likeness (QED) is 0.549. The fraction of sp³-hybridized carbons (Fsp3) is 0. The number of nitrogens with zero attached hydrogens (tertiary/aromatic N) is 2. The van der Waals surface area contributed by atoms with Crippen LogP contribution < -0.4 is 5.56 Å². The first kappa shape index (κ1) is 13.9. The van der Waals surface area contributed by atoms with Gasteiger partial charge in [0.2, 0.25) is 0 Å². The molecule has 6 heteroatoms. The van der Waals surface area contributed by atoms with Crippen LogP contribution in [0.25, 0.3) is 5.65 Å². The van der Waals surface area contributed by atoms with Crippen molar-refractivity contribution in [3.05, 3.63) is 69.6 Å². The molecule has 21 heavy (non-hydrogen) atoms. The van der Waals surface area contributed by atoms with Gasteiger partial charge < -0.3 is 0 Å². The Hall–Kier alpha value is -2.11. The highest BCUT2D eigenvalue weighted by Gasteiger charge is 2.13. The second-order valence-corrected chi connectivity index (χ2v) is 5.74. The van der Waals surface area contributed by atoms with Crippen LogP contribution in [0.4, 0.5) is 0 Å². The molecule has 0 atom stereocenters. The number of rotatable bonds is 3. The van der Waals surface area contributed by atoms with Gasteiger partial charge in [0.05, 0.1) is 0 Å². The van der Waals surface area contributed by atoms with Gasteiger partial charge in [-0.3, -0.25) is 14.0 Å². The van der Waals surface area contributed by atoms with E-state index in [4.69, 9.17) is 11.6 Å². The monoisotopic (exact) mass is 316 g/mol. The number of hydrogen-bond donors (Lipinski definition) is 0. The molecule has 0 saturated heterocycles. The van der Waals surface area contributed by atoms with E-state index in [0.717, 1.165) is 4.90 Å². The van der Waals surface area contributed by atoms with E-state index < -0.39 is 0 Å². The Morgan fingerprint density at radius 1 is 1.14 bits per heavy atom. The van der Waals surface area contributed by atoms with Gasteiger partial charge in [0.25, 0.3) is 5.56 Å². The molecule has 4 nitrogen and oxygen atoms in total. The first-order chi connectivity index (χ1) is 10.2. The number of aldehydes is 1. The van der Waals surface area contributed by atoms with Crippen molar-refractivity contribution in [2.24, 2.45) is 0 Å². The van der Waals surface area contributed by atoms with E-state index >= 15 is 0 Å². The number of carbonyl (C=O) groups excluding carboxylic acids is 1. The lowest BCUT2D eigenvalue weighted by Gasteiger charge is -2.06. The zero-order chi connectivity index (χ0) is 14.8. The van der Waals surface area contributed by atoms with Crippen molar-refractivity contribution in [3.8, 4) is 0 Å². The van der Waals surface area contributed by atoms with E-state index in [1.807, 2.05) is 12.1 Å². The van der Waals surface area contributed by atoms with E-state index in [1.165, 1.54) is 16.2 Å². The molecule has 0 radical (unpaired) electrons. The van der Waals surface area contributed by atoms with E-state index in [-0.39, 0.29) is 11.1 Å². The number of fused-ring (bicyclic) bond motifs is 1. The largest absolute Gasteiger partial charge is 0.298 e. The molecule has 0 fully saturated rings. The maximum atomic E-state index is 12.3. The molecule has 2 aromatic heterocycles. The topological polar surface area (TPSA) is 51.4 Å². The highest BCUT2D eigenvalue weighted by molar-refractivity contribution is 7.99. The van der Waals surface area contributed by atoms with Gasteiger partial charge in [-0.15, -0.1) is 0 Å². The summed E-state index contributed by atoms with van der Waals surface area (Å²) in [5.74, 6) is 0. The minimum Gasteiger partial charge on any atom is -0.298 e. The van der Waals surface area contributed by atoms with Crippen LogP contribution in [0, 0.1) is 0 Å². The van der Waals surface area contributed by atoms with Crippen LogP contribution in [0.1, 0.15) is 10.4 Å². The summed E-state index contributed by atoms with van der Waals surface area (Å²) in [6, 6.07) is 12.4. The maximum Gasteiger partial charge on any atom is 0.269 e. The molecule has 0 aliphatic heterocycles. The Kier molecular flexibility index (Phi) is 3.77. The lowest BCUT2D eigenvalue weighted by molar-refractivity contribution is 0.111. The van der Waals surface area contributed by atoms with Crippen molar-refractivity contribution >= 4 is 35.3 Å². The van der Waals surface area contributed by atoms with Crippen LogP contribution in [0.3, 0.4) is 0 Å².